The van der Waals surface area contributed by atoms with Crippen molar-refractivity contribution >= 4 is 29.3 Å². The quantitative estimate of drug-likeness (QED) is 0.511. The standard InChI is InChI=1S/C24H28N4O2S/c1-16(2)19-10-5-6-11-20(19)28-13-12-25-24(28)31-15-22(30)26-14-21(29)27-23-17(3)8-7-9-18(23)4/h5-13,16H,14-15H2,1-4H3,(H,26,30)(H,27,29). The summed E-state index contributed by atoms with van der Waals surface area (Å²) in [5, 5.41) is 6.30. The molecule has 3 aromatic rings. The zero-order valence-electron chi connectivity index (χ0n) is 18.3. The van der Waals surface area contributed by atoms with Crippen LogP contribution in [0.3, 0.4) is 0 Å². The van der Waals surface area contributed by atoms with E-state index in [1.165, 1.54) is 17.3 Å². The molecule has 0 aliphatic heterocycles. The van der Waals surface area contributed by atoms with Crippen molar-refractivity contribution in [1.29, 1.82) is 0 Å². The first-order valence-corrected chi connectivity index (χ1v) is 11.2. The molecule has 0 fully saturated rings. The van der Waals surface area contributed by atoms with Gasteiger partial charge < -0.3 is 10.6 Å². The molecule has 6 nitrogen and oxygen atoms in total. The molecule has 1 heterocycles. The van der Waals surface area contributed by atoms with Crippen molar-refractivity contribution in [2.24, 2.45) is 0 Å². The SMILES string of the molecule is Cc1cccc(C)c1NC(=O)CNC(=O)CSc1nccn1-c1ccccc1C(C)C. The largest absolute Gasteiger partial charge is 0.346 e. The van der Waals surface area contributed by atoms with Gasteiger partial charge in [0.25, 0.3) is 0 Å². The van der Waals surface area contributed by atoms with Crippen molar-refractivity contribution < 1.29 is 9.59 Å². The number of nitrogens with one attached hydrogen (secondary N) is 2. The van der Waals surface area contributed by atoms with Gasteiger partial charge in [0.15, 0.2) is 5.16 Å². The van der Waals surface area contributed by atoms with Gasteiger partial charge in [0.2, 0.25) is 11.8 Å². The van der Waals surface area contributed by atoms with Crippen LogP contribution in [0.1, 0.15) is 36.5 Å². The highest BCUT2D eigenvalue weighted by Gasteiger charge is 2.14. The van der Waals surface area contributed by atoms with Crippen molar-refractivity contribution in [2.75, 3.05) is 17.6 Å². The van der Waals surface area contributed by atoms with Crippen LogP contribution < -0.4 is 10.6 Å². The fourth-order valence-corrected chi connectivity index (χ4v) is 4.13. The molecule has 1 aromatic heterocycles. The Hall–Kier alpha value is -3.06. The Kier molecular flexibility index (Phi) is 7.52. The number of thioether (sulfide) groups is 1. The predicted octanol–water partition coefficient (Wildman–Crippen LogP) is 4.46. The van der Waals surface area contributed by atoms with Gasteiger partial charge in [0.1, 0.15) is 0 Å². The van der Waals surface area contributed by atoms with Gasteiger partial charge in [-0.25, -0.2) is 4.98 Å². The maximum absolute atomic E-state index is 12.3. The van der Waals surface area contributed by atoms with E-state index in [4.69, 9.17) is 0 Å². The highest BCUT2D eigenvalue weighted by molar-refractivity contribution is 7.99. The number of hydrogen-bond donors (Lipinski definition) is 2. The summed E-state index contributed by atoms with van der Waals surface area (Å²) in [6.45, 7) is 8.12. The third-order valence-electron chi connectivity index (χ3n) is 4.95. The Bertz CT molecular complexity index is 1050. The molecule has 0 atom stereocenters. The average Bonchev–Trinajstić information content (AvgIpc) is 3.22. The lowest BCUT2D eigenvalue weighted by molar-refractivity contribution is -0.122. The lowest BCUT2D eigenvalue weighted by atomic mass is 10.0. The number of para-hydroxylation sites is 2. The van der Waals surface area contributed by atoms with Crippen molar-refractivity contribution in [2.45, 2.75) is 38.8 Å². The topological polar surface area (TPSA) is 76.0 Å². The number of aryl methyl sites for hydroxylation is 2. The molecule has 0 saturated carbocycles. The summed E-state index contributed by atoms with van der Waals surface area (Å²) >= 11 is 1.35. The van der Waals surface area contributed by atoms with Gasteiger partial charge in [-0.2, -0.15) is 0 Å². The Labute approximate surface area is 187 Å². The highest BCUT2D eigenvalue weighted by atomic mass is 32.2. The molecule has 0 unspecified atom stereocenters. The van der Waals surface area contributed by atoms with E-state index in [1.807, 2.05) is 54.9 Å². The van der Waals surface area contributed by atoms with E-state index in [9.17, 15) is 9.59 Å². The van der Waals surface area contributed by atoms with Crippen LogP contribution in [0.5, 0.6) is 0 Å². The fourth-order valence-electron chi connectivity index (χ4n) is 3.33. The molecular formula is C24H28N4O2S. The molecule has 0 spiro atoms. The third-order valence-corrected chi connectivity index (χ3v) is 5.92. The van der Waals surface area contributed by atoms with Gasteiger partial charge in [-0.1, -0.05) is 62.0 Å². The second kappa shape index (κ2) is 10.3. The summed E-state index contributed by atoms with van der Waals surface area (Å²) in [4.78, 5) is 29.0. The molecule has 0 aliphatic rings. The highest BCUT2D eigenvalue weighted by Crippen LogP contribution is 2.27. The minimum Gasteiger partial charge on any atom is -0.346 e. The summed E-state index contributed by atoms with van der Waals surface area (Å²) in [6, 6.07) is 14.0. The molecule has 3 rings (SSSR count). The van der Waals surface area contributed by atoms with Crippen LogP contribution in [0.15, 0.2) is 60.0 Å². The third kappa shape index (κ3) is 5.76. The lowest BCUT2D eigenvalue weighted by Crippen LogP contribution is -2.34. The van der Waals surface area contributed by atoms with Gasteiger partial charge in [-0.15, -0.1) is 0 Å². The number of carbonyl (C=O) groups is 2. The molecule has 2 aromatic carbocycles. The second-order valence-corrected chi connectivity index (χ2v) is 8.62. The molecule has 0 aliphatic carbocycles. The number of imidazole rings is 1. The van der Waals surface area contributed by atoms with Crippen LogP contribution in [0.25, 0.3) is 5.69 Å². The average molecular weight is 437 g/mol. The number of carbonyl (C=O) groups excluding carboxylic acids is 2. The number of rotatable bonds is 8. The Morgan fingerprint density at radius 3 is 2.45 bits per heavy atom. The number of hydrogen-bond acceptors (Lipinski definition) is 4. The first-order valence-electron chi connectivity index (χ1n) is 10.2. The molecule has 2 amide bonds. The van der Waals surface area contributed by atoms with Gasteiger partial charge in [-0.3, -0.25) is 14.2 Å². The van der Waals surface area contributed by atoms with Crippen LogP contribution >= 0.6 is 11.8 Å². The second-order valence-electron chi connectivity index (χ2n) is 7.67. The van der Waals surface area contributed by atoms with Crippen LogP contribution in [0.2, 0.25) is 0 Å². The summed E-state index contributed by atoms with van der Waals surface area (Å²) < 4.78 is 2.00. The van der Waals surface area contributed by atoms with Crippen LogP contribution in [-0.4, -0.2) is 33.7 Å². The molecular weight excluding hydrogens is 408 g/mol. The molecule has 162 valence electrons. The van der Waals surface area contributed by atoms with Gasteiger partial charge in [0.05, 0.1) is 18.0 Å². The zero-order chi connectivity index (χ0) is 22.4. The Morgan fingerprint density at radius 1 is 1.03 bits per heavy atom. The molecule has 0 saturated heterocycles. The smallest absolute Gasteiger partial charge is 0.243 e. The fraction of sp³-hybridized carbons (Fsp3) is 0.292. The summed E-state index contributed by atoms with van der Waals surface area (Å²) in [5.74, 6) is 0.0870. The van der Waals surface area contributed by atoms with E-state index in [1.54, 1.807) is 6.20 Å². The van der Waals surface area contributed by atoms with E-state index in [0.717, 1.165) is 27.7 Å². The van der Waals surface area contributed by atoms with Crippen LogP contribution in [0, 0.1) is 13.8 Å². The normalized spacial score (nSPS) is 10.9. The maximum atomic E-state index is 12.3. The van der Waals surface area contributed by atoms with E-state index in [2.05, 4.69) is 41.6 Å². The van der Waals surface area contributed by atoms with E-state index < -0.39 is 0 Å². The molecule has 2 N–H and O–H groups in total. The molecule has 0 bridgehead atoms. The first kappa shape index (κ1) is 22.6. The monoisotopic (exact) mass is 436 g/mol. The number of nitrogens with zero attached hydrogens (tertiary/aromatic N) is 2. The maximum Gasteiger partial charge on any atom is 0.243 e. The van der Waals surface area contributed by atoms with E-state index >= 15 is 0 Å². The number of benzene rings is 2. The van der Waals surface area contributed by atoms with Gasteiger partial charge in [-0.05, 0) is 42.5 Å². The minimum absolute atomic E-state index is 0.0716. The van der Waals surface area contributed by atoms with Crippen LogP contribution in [-0.2, 0) is 9.59 Å². The molecule has 7 heteroatoms. The first-order chi connectivity index (χ1) is 14.9. The van der Waals surface area contributed by atoms with Gasteiger partial charge in [0, 0.05) is 18.1 Å². The van der Waals surface area contributed by atoms with Crippen molar-refractivity contribution in [3.05, 3.63) is 71.5 Å². The van der Waals surface area contributed by atoms with Crippen LogP contribution in [0.4, 0.5) is 5.69 Å². The van der Waals surface area contributed by atoms with Crippen molar-refractivity contribution in [1.82, 2.24) is 14.9 Å². The minimum atomic E-state index is -0.247. The van der Waals surface area contributed by atoms with E-state index in [0.29, 0.717) is 5.92 Å². The predicted molar refractivity (Wildman–Crippen MR) is 126 cm³/mol. The van der Waals surface area contributed by atoms with Crippen molar-refractivity contribution in [3.63, 3.8) is 0 Å². The molecule has 0 radical (unpaired) electrons. The number of anilines is 1. The Morgan fingerprint density at radius 2 is 1.74 bits per heavy atom. The van der Waals surface area contributed by atoms with Crippen molar-refractivity contribution in [3.8, 4) is 5.69 Å². The summed E-state index contributed by atoms with van der Waals surface area (Å²) in [7, 11) is 0. The summed E-state index contributed by atoms with van der Waals surface area (Å²) in [6.07, 6.45) is 3.63. The summed E-state index contributed by atoms with van der Waals surface area (Å²) in [5.41, 5.74) is 5.05. The number of amides is 2. The molecule has 31 heavy (non-hydrogen) atoms. The Balaban J connectivity index is 1.56. The van der Waals surface area contributed by atoms with Gasteiger partial charge >= 0.3 is 0 Å². The zero-order valence-corrected chi connectivity index (χ0v) is 19.1. The van der Waals surface area contributed by atoms with E-state index in [-0.39, 0.29) is 24.1 Å². The lowest BCUT2D eigenvalue weighted by Gasteiger charge is -2.15. The number of aromatic nitrogens is 2.